The second-order valence-electron chi connectivity index (χ2n) is 4.28. The molecule has 2 rings (SSSR count). The molecule has 6 heteroatoms. The van der Waals surface area contributed by atoms with Crippen LogP contribution in [0.3, 0.4) is 0 Å². The van der Waals surface area contributed by atoms with Crippen molar-refractivity contribution in [2.75, 3.05) is 5.73 Å². The fraction of sp³-hybridized carbons (Fsp3) is 0.214. The molecule has 1 aromatic heterocycles. The van der Waals surface area contributed by atoms with Crippen molar-refractivity contribution in [3.05, 3.63) is 48.2 Å². The van der Waals surface area contributed by atoms with Crippen LogP contribution >= 0.6 is 11.8 Å². The molecule has 20 heavy (non-hydrogen) atoms. The van der Waals surface area contributed by atoms with Gasteiger partial charge in [-0.05, 0) is 37.3 Å². The summed E-state index contributed by atoms with van der Waals surface area (Å²) < 4.78 is 18.3. The van der Waals surface area contributed by atoms with Crippen LogP contribution in [0, 0.1) is 5.82 Å². The monoisotopic (exact) mass is 294 g/mol. The van der Waals surface area contributed by atoms with Gasteiger partial charge in [0.25, 0.3) is 0 Å². The van der Waals surface area contributed by atoms with E-state index in [0.29, 0.717) is 22.9 Å². The van der Waals surface area contributed by atoms with Crippen molar-refractivity contribution < 1.29 is 13.6 Å². The van der Waals surface area contributed by atoms with E-state index < -0.39 is 5.82 Å². The molecule has 0 spiro atoms. The molecule has 1 aromatic carbocycles. The molecule has 0 aliphatic rings. The highest BCUT2D eigenvalue weighted by atomic mass is 32.2. The molecule has 1 unspecified atom stereocenters. The number of halogens is 1. The normalized spacial score (nSPS) is 12.1. The Bertz CT molecular complexity index is 567. The second kappa shape index (κ2) is 6.47. The van der Waals surface area contributed by atoms with E-state index >= 15 is 0 Å². The number of amides is 1. The van der Waals surface area contributed by atoms with Gasteiger partial charge in [0, 0.05) is 10.6 Å². The molecular weight excluding hydrogens is 279 g/mol. The maximum absolute atomic E-state index is 13.2. The lowest BCUT2D eigenvalue weighted by Crippen LogP contribution is -2.30. The second-order valence-corrected chi connectivity index (χ2v) is 5.69. The van der Waals surface area contributed by atoms with E-state index in [2.05, 4.69) is 5.32 Å². The Labute approximate surface area is 120 Å². The zero-order valence-corrected chi connectivity index (χ0v) is 11.7. The first-order valence-corrected chi connectivity index (χ1v) is 6.95. The van der Waals surface area contributed by atoms with E-state index in [0.717, 1.165) is 0 Å². The average molecular weight is 294 g/mol. The molecule has 0 bridgehead atoms. The molecule has 4 nitrogen and oxygen atoms in total. The maximum Gasteiger partial charge on any atom is 0.233 e. The van der Waals surface area contributed by atoms with Crippen molar-refractivity contribution >= 4 is 23.4 Å². The average Bonchev–Trinajstić information content (AvgIpc) is 2.87. The molecular formula is C14H15FN2O2S. The first-order valence-electron chi connectivity index (χ1n) is 6.07. The highest BCUT2D eigenvalue weighted by Crippen LogP contribution is 2.26. The van der Waals surface area contributed by atoms with Crippen LogP contribution in [0.5, 0.6) is 0 Å². The number of anilines is 1. The van der Waals surface area contributed by atoms with Crippen LogP contribution in [0.1, 0.15) is 12.7 Å². The van der Waals surface area contributed by atoms with Crippen LogP contribution in [-0.4, -0.2) is 11.2 Å². The number of hydrogen-bond donors (Lipinski definition) is 2. The van der Waals surface area contributed by atoms with Gasteiger partial charge in [0.05, 0.1) is 18.1 Å². The van der Waals surface area contributed by atoms with Crippen molar-refractivity contribution in [2.45, 2.75) is 23.6 Å². The number of benzene rings is 1. The molecule has 3 N–H and O–H groups in total. The number of carbonyl (C=O) groups is 1. The lowest BCUT2D eigenvalue weighted by molar-refractivity contribution is -0.120. The lowest BCUT2D eigenvalue weighted by atomic mass is 10.3. The van der Waals surface area contributed by atoms with Gasteiger partial charge in [-0.1, -0.05) is 0 Å². The number of furan rings is 1. The van der Waals surface area contributed by atoms with Crippen molar-refractivity contribution in [3.8, 4) is 0 Å². The number of hydrogen-bond acceptors (Lipinski definition) is 4. The van der Waals surface area contributed by atoms with Crippen molar-refractivity contribution in [3.63, 3.8) is 0 Å². The van der Waals surface area contributed by atoms with Crippen LogP contribution in [0.4, 0.5) is 10.1 Å². The Morgan fingerprint density at radius 3 is 2.95 bits per heavy atom. The smallest absolute Gasteiger partial charge is 0.233 e. The Balaban J connectivity index is 1.90. The molecule has 1 heterocycles. The molecule has 0 aliphatic heterocycles. The SMILES string of the molecule is CC(Sc1cc(N)cc(F)c1)C(=O)NCc1ccco1. The summed E-state index contributed by atoms with van der Waals surface area (Å²) in [5.74, 6) is 0.135. The Kier molecular flexibility index (Phi) is 4.68. The number of nitrogens with two attached hydrogens (primary N) is 1. The summed E-state index contributed by atoms with van der Waals surface area (Å²) in [6, 6.07) is 7.79. The minimum absolute atomic E-state index is 0.144. The number of nitrogen functional groups attached to an aromatic ring is 1. The Morgan fingerprint density at radius 1 is 1.50 bits per heavy atom. The summed E-state index contributed by atoms with van der Waals surface area (Å²) in [5.41, 5.74) is 5.91. The van der Waals surface area contributed by atoms with Crippen LogP contribution in [0.25, 0.3) is 0 Å². The van der Waals surface area contributed by atoms with Gasteiger partial charge in [-0.3, -0.25) is 4.79 Å². The van der Waals surface area contributed by atoms with E-state index in [4.69, 9.17) is 10.2 Å². The minimum Gasteiger partial charge on any atom is -0.467 e. The van der Waals surface area contributed by atoms with E-state index in [1.54, 1.807) is 31.4 Å². The molecule has 0 saturated carbocycles. The Morgan fingerprint density at radius 2 is 2.30 bits per heavy atom. The first-order chi connectivity index (χ1) is 9.54. The summed E-state index contributed by atoms with van der Waals surface area (Å²) in [4.78, 5) is 12.5. The van der Waals surface area contributed by atoms with Gasteiger partial charge in [0.15, 0.2) is 0 Å². The molecule has 106 valence electrons. The summed E-state index contributed by atoms with van der Waals surface area (Å²) in [6.07, 6.45) is 1.55. The predicted molar refractivity (Wildman–Crippen MR) is 76.7 cm³/mol. The number of nitrogens with one attached hydrogen (secondary N) is 1. The molecule has 0 saturated heterocycles. The van der Waals surface area contributed by atoms with E-state index in [1.807, 2.05) is 0 Å². The highest BCUT2D eigenvalue weighted by molar-refractivity contribution is 8.00. The topological polar surface area (TPSA) is 68.3 Å². The maximum atomic E-state index is 13.2. The third kappa shape index (κ3) is 4.03. The largest absolute Gasteiger partial charge is 0.467 e. The fourth-order valence-electron chi connectivity index (χ4n) is 1.64. The molecule has 2 aromatic rings. The van der Waals surface area contributed by atoms with Gasteiger partial charge in [-0.2, -0.15) is 0 Å². The van der Waals surface area contributed by atoms with Gasteiger partial charge in [-0.15, -0.1) is 11.8 Å². The van der Waals surface area contributed by atoms with Crippen LogP contribution < -0.4 is 11.1 Å². The van der Waals surface area contributed by atoms with Crippen LogP contribution in [-0.2, 0) is 11.3 Å². The van der Waals surface area contributed by atoms with E-state index in [9.17, 15) is 9.18 Å². The summed E-state index contributed by atoms with van der Waals surface area (Å²) in [6.45, 7) is 2.09. The van der Waals surface area contributed by atoms with Gasteiger partial charge in [-0.25, -0.2) is 4.39 Å². The van der Waals surface area contributed by atoms with Crippen molar-refractivity contribution in [1.29, 1.82) is 0 Å². The molecule has 1 amide bonds. The third-order valence-corrected chi connectivity index (χ3v) is 3.67. The van der Waals surface area contributed by atoms with E-state index in [1.165, 1.54) is 23.9 Å². The summed E-state index contributed by atoms with van der Waals surface area (Å²) in [5, 5.41) is 2.40. The molecule has 1 atom stereocenters. The third-order valence-electron chi connectivity index (χ3n) is 2.59. The van der Waals surface area contributed by atoms with Crippen LogP contribution in [0.2, 0.25) is 0 Å². The first kappa shape index (κ1) is 14.5. The van der Waals surface area contributed by atoms with Crippen molar-refractivity contribution in [2.24, 2.45) is 0 Å². The lowest BCUT2D eigenvalue weighted by Gasteiger charge is -2.11. The standard InChI is InChI=1S/C14H15FN2O2S/c1-9(14(18)17-8-12-3-2-4-19-12)20-13-6-10(15)5-11(16)7-13/h2-7,9H,8,16H2,1H3,(H,17,18). The zero-order chi connectivity index (χ0) is 14.5. The van der Waals surface area contributed by atoms with Gasteiger partial charge >= 0.3 is 0 Å². The molecule has 0 radical (unpaired) electrons. The number of rotatable bonds is 5. The fourth-order valence-corrected chi connectivity index (χ4v) is 2.62. The van der Waals surface area contributed by atoms with Gasteiger partial charge in [0.1, 0.15) is 11.6 Å². The Hall–Kier alpha value is -1.95. The highest BCUT2D eigenvalue weighted by Gasteiger charge is 2.15. The summed E-state index contributed by atoms with van der Waals surface area (Å²) in [7, 11) is 0. The minimum atomic E-state index is -0.407. The van der Waals surface area contributed by atoms with Crippen molar-refractivity contribution in [1.82, 2.24) is 5.32 Å². The zero-order valence-electron chi connectivity index (χ0n) is 10.9. The molecule has 0 aliphatic carbocycles. The number of thioether (sulfide) groups is 1. The summed E-state index contributed by atoms with van der Waals surface area (Å²) >= 11 is 1.25. The number of carbonyl (C=O) groups excluding carboxylic acids is 1. The van der Waals surface area contributed by atoms with E-state index in [-0.39, 0.29) is 11.2 Å². The van der Waals surface area contributed by atoms with Gasteiger partial charge < -0.3 is 15.5 Å². The quantitative estimate of drug-likeness (QED) is 0.657. The van der Waals surface area contributed by atoms with Gasteiger partial charge in [0.2, 0.25) is 5.91 Å². The van der Waals surface area contributed by atoms with Crippen LogP contribution in [0.15, 0.2) is 45.9 Å². The molecule has 0 fully saturated rings. The predicted octanol–water partition coefficient (Wildman–Crippen LogP) is 2.80.